The van der Waals surface area contributed by atoms with Crippen LogP contribution in [0.3, 0.4) is 0 Å². The van der Waals surface area contributed by atoms with Gasteiger partial charge in [0.1, 0.15) is 0 Å². The van der Waals surface area contributed by atoms with Gasteiger partial charge in [-0.15, -0.1) is 0 Å². The minimum atomic E-state index is 0.213. The van der Waals surface area contributed by atoms with Crippen molar-refractivity contribution in [2.24, 2.45) is 5.73 Å². The number of hydrogen-bond donors (Lipinski definition) is 1. The van der Waals surface area contributed by atoms with Gasteiger partial charge in [0.15, 0.2) is 0 Å². The predicted molar refractivity (Wildman–Crippen MR) is 72.9 cm³/mol. The van der Waals surface area contributed by atoms with Crippen LogP contribution in [-0.2, 0) is 5.41 Å². The second kappa shape index (κ2) is 4.25. The molecule has 1 fully saturated rings. The summed E-state index contributed by atoms with van der Waals surface area (Å²) in [5.41, 5.74) is 7.54. The lowest BCUT2D eigenvalue weighted by atomic mass is 9.64. The molecular weight excluding hydrogens is 224 g/mol. The summed E-state index contributed by atoms with van der Waals surface area (Å²) in [5, 5.41) is 2.24. The third-order valence-corrected chi connectivity index (χ3v) is 4.23. The first-order valence-corrected chi connectivity index (χ1v) is 6.42. The molecule has 0 saturated heterocycles. The van der Waals surface area contributed by atoms with Crippen LogP contribution in [0.2, 0.25) is 0 Å². The number of fused-ring (bicyclic) bond motifs is 1. The molecule has 0 radical (unpaired) electrons. The molecule has 0 spiro atoms. The molecule has 1 heterocycles. The van der Waals surface area contributed by atoms with Gasteiger partial charge in [-0.2, -0.15) is 0 Å². The molecule has 2 aromatic rings. The number of pyridine rings is 1. The zero-order chi connectivity index (χ0) is 12.6. The van der Waals surface area contributed by atoms with Crippen molar-refractivity contribution in [3.05, 3.63) is 36.0 Å². The number of hydrogen-bond acceptors (Lipinski definition) is 3. The molecule has 0 unspecified atom stereocenters. The standard InChI is InChI=1S/C15H18N2O/c1-18-14-13-4-3-12(9-11(13)5-8-17-14)15(10-16)6-2-7-15/h3-5,8-9H,2,6-7,10,16H2,1H3. The SMILES string of the molecule is COc1nccc2cc(C3(CN)CCC3)ccc12. The maximum absolute atomic E-state index is 5.96. The molecule has 3 heteroatoms. The average molecular weight is 242 g/mol. The Hall–Kier alpha value is -1.61. The van der Waals surface area contributed by atoms with E-state index in [-0.39, 0.29) is 5.41 Å². The fourth-order valence-corrected chi connectivity index (χ4v) is 2.86. The third-order valence-electron chi connectivity index (χ3n) is 4.23. The quantitative estimate of drug-likeness (QED) is 0.900. The molecule has 0 bridgehead atoms. The molecule has 3 rings (SSSR count). The van der Waals surface area contributed by atoms with E-state index in [0.717, 1.165) is 11.9 Å². The summed E-state index contributed by atoms with van der Waals surface area (Å²) < 4.78 is 5.28. The Bertz CT molecular complexity index is 570. The van der Waals surface area contributed by atoms with Crippen LogP contribution in [0.1, 0.15) is 24.8 Å². The lowest BCUT2D eigenvalue weighted by molar-refractivity contribution is 0.253. The molecule has 1 aliphatic carbocycles. The highest BCUT2D eigenvalue weighted by atomic mass is 16.5. The van der Waals surface area contributed by atoms with E-state index in [9.17, 15) is 0 Å². The second-order valence-electron chi connectivity index (χ2n) is 5.09. The third kappa shape index (κ3) is 1.58. The Morgan fingerprint density at radius 1 is 1.33 bits per heavy atom. The largest absolute Gasteiger partial charge is 0.481 e. The minimum Gasteiger partial charge on any atom is -0.481 e. The summed E-state index contributed by atoms with van der Waals surface area (Å²) in [4.78, 5) is 4.22. The van der Waals surface area contributed by atoms with Gasteiger partial charge in [0, 0.05) is 23.5 Å². The highest BCUT2D eigenvalue weighted by molar-refractivity contribution is 5.87. The number of rotatable bonds is 3. The van der Waals surface area contributed by atoms with E-state index in [1.807, 2.05) is 6.07 Å². The smallest absolute Gasteiger partial charge is 0.221 e. The lowest BCUT2D eigenvalue weighted by Crippen LogP contribution is -2.41. The Morgan fingerprint density at radius 3 is 2.78 bits per heavy atom. The van der Waals surface area contributed by atoms with Gasteiger partial charge < -0.3 is 10.5 Å². The maximum atomic E-state index is 5.96. The molecule has 2 N–H and O–H groups in total. The van der Waals surface area contributed by atoms with Gasteiger partial charge in [-0.25, -0.2) is 4.98 Å². The predicted octanol–water partition coefficient (Wildman–Crippen LogP) is 2.62. The van der Waals surface area contributed by atoms with Gasteiger partial charge in [-0.3, -0.25) is 0 Å². The Labute approximate surface area is 107 Å². The second-order valence-corrected chi connectivity index (χ2v) is 5.09. The van der Waals surface area contributed by atoms with Crippen molar-refractivity contribution in [3.63, 3.8) is 0 Å². The summed E-state index contributed by atoms with van der Waals surface area (Å²) >= 11 is 0. The van der Waals surface area contributed by atoms with Gasteiger partial charge >= 0.3 is 0 Å². The molecule has 18 heavy (non-hydrogen) atoms. The van der Waals surface area contributed by atoms with E-state index in [1.54, 1.807) is 13.3 Å². The van der Waals surface area contributed by atoms with E-state index < -0.39 is 0 Å². The van der Waals surface area contributed by atoms with Crippen LogP contribution in [0.4, 0.5) is 0 Å². The number of ether oxygens (including phenoxy) is 1. The van der Waals surface area contributed by atoms with E-state index in [4.69, 9.17) is 10.5 Å². The maximum Gasteiger partial charge on any atom is 0.221 e. The lowest BCUT2D eigenvalue weighted by Gasteiger charge is -2.41. The van der Waals surface area contributed by atoms with Crippen LogP contribution < -0.4 is 10.5 Å². The Morgan fingerprint density at radius 2 is 2.17 bits per heavy atom. The van der Waals surface area contributed by atoms with Crippen molar-refractivity contribution in [1.82, 2.24) is 4.98 Å². The van der Waals surface area contributed by atoms with E-state index in [1.165, 1.54) is 30.2 Å². The van der Waals surface area contributed by atoms with Crippen molar-refractivity contribution >= 4 is 10.8 Å². The average Bonchev–Trinajstić information content (AvgIpc) is 2.37. The molecule has 1 aromatic carbocycles. The van der Waals surface area contributed by atoms with E-state index >= 15 is 0 Å². The van der Waals surface area contributed by atoms with Crippen molar-refractivity contribution in [3.8, 4) is 5.88 Å². The molecule has 3 nitrogen and oxygen atoms in total. The summed E-state index contributed by atoms with van der Waals surface area (Å²) in [5.74, 6) is 0.689. The Balaban J connectivity index is 2.12. The molecular formula is C15H18N2O. The summed E-state index contributed by atoms with van der Waals surface area (Å²) in [6, 6.07) is 8.56. The van der Waals surface area contributed by atoms with Crippen LogP contribution in [-0.4, -0.2) is 18.6 Å². The van der Waals surface area contributed by atoms with Crippen LogP contribution in [0.25, 0.3) is 10.8 Å². The first-order valence-electron chi connectivity index (χ1n) is 6.42. The highest BCUT2D eigenvalue weighted by Gasteiger charge is 2.37. The molecule has 0 atom stereocenters. The normalized spacial score (nSPS) is 17.4. The first-order chi connectivity index (χ1) is 8.79. The van der Waals surface area contributed by atoms with Crippen LogP contribution in [0.15, 0.2) is 30.5 Å². The number of methoxy groups -OCH3 is 1. The fourth-order valence-electron chi connectivity index (χ4n) is 2.86. The number of nitrogens with zero attached hydrogens (tertiary/aromatic N) is 1. The molecule has 1 aromatic heterocycles. The summed E-state index contributed by atoms with van der Waals surface area (Å²) in [6.07, 6.45) is 5.49. The van der Waals surface area contributed by atoms with Crippen molar-refractivity contribution in [1.29, 1.82) is 0 Å². The van der Waals surface area contributed by atoms with Crippen LogP contribution >= 0.6 is 0 Å². The number of aromatic nitrogens is 1. The molecule has 0 aliphatic heterocycles. The zero-order valence-electron chi connectivity index (χ0n) is 10.6. The van der Waals surface area contributed by atoms with E-state index in [0.29, 0.717) is 5.88 Å². The van der Waals surface area contributed by atoms with Crippen molar-refractivity contribution in [2.45, 2.75) is 24.7 Å². The monoisotopic (exact) mass is 242 g/mol. The fraction of sp³-hybridized carbons (Fsp3) is 0.400. The molecule has 94 valence electrons. The number of nitrogens with two attached hydrogens (primary N) is 1. The summed E-state index contributed by atoms with van der Waals surface area (Å²) in [7, 11) is 1.66. The zero-order valence-corrected chi connectivity index (χ0v) is 10.6. The summed E-state index contributed by atoms with van der Waals surface area (Å²) in [6.45, 7) is 0.737. The molecule has 1 saturated carbocycles. The number of benzene rings is 1. The van der Waals surface area contributed by atoms with Gasteiger partial charge in [-0.05, 0) is 35.9 Å². The first kappa shape index (κ1) is 11.5. The van der Waals surface area contributed by atoms with Gasteiger partial charge in [0.25, 0.3) is 0 Å². The van der Waals surface area contributed by atoms with Crippen molar-refractivity contribution in [2.75, 3.05) is 13.7 Å². The van der Waals surface area contributed by atoms with Gasteiger partial charge in [-0.1, -0.05) is 18.6 Å². The van der Waals surface area contributed by atoms with Crippen LogP contribution in [0, 0.1) is 0 Å². The van der Waals surface area contributed by atoms with E-state index in [2.05, 4.69) is 23.2 Å². The molecule has 1 aliphatic rings. The van der Waals surface area contributed by atoms with Crippen LogP contribution in [0.5, 0.6) is 5.88 Å². The topological polar surface area (TPSA) is 48.1 Å². The highest BCUT2D eigenvalue weighted by Crippen LogP contribution is 2.43. The minimum absolute atomic E-state index is 0.213. The molecule has 0 amide bonds. The van der Waals surface area contributed by atoms with Gasteiger partial charge in [0.05, 0.1) is 7.11 Å². The van der Waals surface area contributed by atoms with Gasteiger partial charge in [0.2, 0.25) is 5.88 Å². The van der Waals surface area contributed by atoms with Crippen molar-refractivity contribution < 1.29 is 4.74 Å². The Kier molecular flexibility index (Phi) is 2.71.